The van der Waals surface area contributed by atoms with Crippen LogP contribution in [-0.4, -0.2) is 85.2 Å². The van der Waals surface area contributed by atoms with Crippen molar-refractivity contribution < 1.29 is 27.5 Å². The molecule has 0 saturated carbocycles. The molecule has 194 valence electrons. The molecule has 0 bridgehead atoms. The molecule has 0 unspecified atom stereocenters. The van der Waals surface area contributed by atoms with Gasteiger partial charge in [-0.25, -0.2) is 4.79 Å². The zero-order valence-electron chi connectivity index (χ0n) is 20.0. The molecule has 10 heteroatoms. The molecular formula is C26H31F3N4O3. The molecule has 4 rings (SSSR count). The fourth-order valence-corrected chi connectivity index (χ4v) is 4.53. The van der Waals surface area contributed by atoms with E-state index in [9.17, 15) is 22.8 Å². The fraction of sp³-hybridized carbons (Fsp3) is 0.462. The first-order valence-corrected chi connectivity index (χ1v) is 12.2. The van der Waals surface area contributed by atoms with Gasteiger partial charge in [-0.15, -0.1) is 0 Å². The predicted molar refractivity (Wildman–Crippen MR) is 128 cm³/mol. The number of morpholine rings is 1. The third-order valence-electron chi connectivity index (χ3n) is 6.51. The molecule has 36 heavy (non-hydrogen) atoms. The molecule has 2 aliphatic rings. The van der Waals surface area contributed by atoms with Gasteiger partial charge >= 0.3 is 12.2 Å². The molecular weight excluding hydrogens is 473 g/mol. The number of nitrogens with one attached hydrogen (secondary N) is 1. The monoisotopic (exact) mass is 504 g/mol. The van der Waals surface area contributed by atoms with Crippen molar-refractivity contribution in [2.75, 3.05) is 52.4 Å². The number of alkyl halides is 3. The molecule has 2 fully saturated rings. The van der Waals surface area contributed by atoms with Crippen LogP contribution in [0.4, 0.5) is 18.0 Å². The van der Waals surface area contributed by atoms with E-state index in [4.69, 9.17) is 4.74 Å². The number of carbonyl (C=O) groups is 2. The number of halogens is 3. The summed E-state index contributed by atoms with van der Waals surface area (Å²) in [4.78, 5) is 31.2. The van der Waals surface area contributed by atoms with Crippen LogP contribution < -0.4 is 5.32 Å². The van der Waals surface area contributed by atoms with E-state index in [-0.39, 0.29) is 23.6 Å². The summed E-state index contributed by atoms with van der Waals surface area (Å²) >= 11 is 0. The lowest BCUT2D eigenvalue weighted by Crippen LogP contribution is -2.52. The Morgan fingerprint density at radius 2 is 1.67 bits per heavy atom. The van der Waals surface area contributed by atoms with Crippen molar-refractivity contribution in [2.24, 2.45) is 0 Å². The number of nitrogens with zero attached hydrogens (tertiary/aromatic N) is 3. The third-order valence-corrected chi connectivity index (χ3v) is 6.51. The number of ether oxygens (including phenoxy) is 1. The molecule has 3 amide bonds. The highest BCUT2D eigenvalue weighted by atomic mass is 19.4. The lowest BCUT2D eigenvalue weighted by Gasteiger charge is -2.35. The van der Waals surface area contributed by atoms with Crippen LogP contribution in [0.2, 0.25) is 0 Å². The van der Waals surface area contributed by atoms with E-state index in [1.807, 2.05) is 30.3 Å². The number of carbonyl (C=O) groups excluding carboxylic acids is 2. The first-order valence-electron chi connectivity index (χ1n) is 12.2. The molecule has 0 aromatic heterocycles. The van der Waals surface area contributed by atoms with Crippen molar-refractivity contribution in [3.05, 3.63) is 71.3 Å². The molecule has 0 aliphatic carbocycles. The Bertz CT molecular complexity index is 1020. The Balaban J connectivity index is 1.25. The number of hydrogen-bond acceptors (Lipinski definition) is 4. The van der Waals surface area contributed by atoms with Gasteiger partial charge in [0.2, 0.25) is 0 Å². The minimum absolute atomic E-state index is 0.115. The van der Waals surface area contributed by atoms with Crippen LogP contribution in [0.5, 0.6) is 0 Å². The highest BCUT2D eigenvalue weighted by Crippen LogP contribution is 2.29. The zero-order chi connectivity index (χ0) is 25.5. The van der Waals surface area contributed by atoms with E-state index in [1.54, 1.807) is 9.80 Å². The Morgan fingerprint density at radius 3 is 2.39 bits per heavy atom. The Labute approximate surface area is 208 Å². The second-order valence-electron chi connectivity index (χ2n) is 9.10. The average Bonchev–Trinajstić information content (AvgIpc) is 3.13. The lowest BCUT2D eigenvalue weighted by molar-refractivity contribution is -0.137. The van der Waals surface area contributed by atoms with Crippen molar-refractivity contribution in [3.63, 3.8) is 0 Å². The van der Waals surface area contributed by atoms with Gasteiger partial charge in [-0.05, 0) is 42.8 Å². The third kappa shape index (κ3) is 6.98. The summed E-state index contributed by atoms with van der Waals surface area (Å²) in [6.07, 6.45) is -3.80. The smallest absolute Gasteiger partial charge is 0.373 e. The second kappa shape index (κ2) is 11.7. The van der Waals surface area contributed by atoms with Gasteiger partial charge in [0.15, 0.2) is 0 Å². The molecule has 2 aliphatic heterocycles. The summed E-state index contributed by atoms with van der Waals surface area (Å²) in [6.45, 7) is 5.03. The highest BCUT2D eigenvalue weighted by Gasteiger charge is 2.31. The van der Waals surface area contributed by atoms with Crippen molar-refractivity contribution >= 4 is 11.9 Å². The Kier molecular flexibility index (Phi) is 8.48. The van der Waals surface area contributed by atoms with Gasteiger partial charge in [-0.3, -0.25) is 9.69 Å². The van der Waals surface area contributed by atoms with E-state index >= 15 is 0 Å². The van der Waals surface area contributed by atoms with Gasteiger partial charge in [0, 0.05) is 51.4 Å². The topological polar surface area (TPSA) is 65.1 Å². The number of hydrogen-bond donors (Lipinski definition) is 1. The summed E-state index contributed by atoms with van der Waals surface area (Å²) in [5.41, 5.74) is 0.524. The number of urea groups is 1. The van der Waals surface area contributed by atoms with Crippen LogP contribution in [0.1, 0.15) is 27.9 Å². The minimum Gasteiger partial charge on any atom is -0.373 e. The normalized spacial score (nSPS) is 19.6. The van der Waals surface area contributed by atoms with Crippen LogP contribution in [0.25, 0.3) is 0 Å². The van der Waals surface area contributed by atoms with Gasteiger partial charge < -0.3 is 19.9 Å². The van der Waals surface area contributed by atoms with Crippen molar-refractivity contribution in [3.8, 4) is 0 Å². The van der Waals surface area contributed by atoms with Crippen LogP contribution >= 0.6 is 0 Å². The van der Waals surface area contributed by atoms with Gasteiger partial charge in [0.25, 0.3) is 5.91 Å². The van der Waals surface area contributed by atoms with Crippen LogP contribution in [-0.2, 0) is 17.5 Å². The fourth-order valence-electron chi connectivity index (χ4n) is 4.53. The largest absolute Gasteiger partial charge is 0.416 e. The summed E-state index contributed by atoms with van der Waals surface area (Å²) in [6, 6.07) is 14.0. The van der Waals surface area contributed by atoms with Crippen LogP contribution in [0.15, 0.2) is 54.6 Å². The first-order chi connectivity index (χ1) is 17.3. The van der Waals surface area contributed by atoms with E-state index in [0.29, 0.717) is 52.4 Å². The van der Waals surface area contributed by atoms with Gasteiger partial charge in [-0.2, -0.15) is 13.2 Å². The van der Waals surface area contributed by atoms with Gasteiger partial charge in [0.05, 0.1) is 18.3 Å². The quantitative estimate of drug-likeness (QED) is 0.678. The van der Waals surface area contributed by atoms with Crippen LogP contribution in [0, 0.1) is 0 Å². The highest BCUT2D eigenvalue weighted by molar-refractivity contribution is 5.94. The maximum absolute atomic E-state index is 12.8. The zero-order valence-corrected chi connectivity index (χ0v) is 20.0. The van der Waals surface area contributed by atoms with Gasteiger partial charge in [0.1, 0.15) is 0 Å². The van der Waals surface area contributed by atoms with E-state index in [2.05, 4.69) is 10.2 Å². The maximum atomic E-state index is 12.8. The standard InChI is InChI=1S/C26H31F3N4O3/c27-26(28,29)22-9-7-21(8-10-22)24(34)32-12-4-11-31(13-14-32)18-23-19-33(15-16-36-23)25(35)30-17-20-5-2-1-3-6-20/h1-3,5-10,23H,4,11-19H2,(H,30,35)/t23-/m1/s1. The molecule has 2 aromatic rings. The molecule has 0 radical (unpaired) electrons. The van der Waals surface area contributed by atoms with E-state index < -0.39 is 11.7 Å². The molecule has 1 N–H and O–H groups in total. The van der Waals surface area contributed by atoms with Crippen molar-refractivity contribution in [2.45, 2.75) is 25.2 Å². The number of benzene rings is 2. The molecule has 2 aromatic carbocycles. The van der Waals surface area contributed by atoms with Crippen LogP contribution in [0.3, 0.4) is 0 Å². The maximum Gasteiger partial charge on any atom is 0.416 e. The summed E-state index contributed by atoms with van der Waals surface area (Å²) in [5.74, 6) is -0.263. The number of rotatable bonds is 5. The minimum atomic E-state index is -4.43. The Hall–Kier alpha value is -3.11. The SMILES string of the molecule is O=C(NCc1ccccc1)N1CCO[C@H](CN2CCCN(C(=O)c3ccc(C(F)(F)F)cc3)CC2)C1. The second-order valence-corrected chi connectivity index (χ2v) is 9.10. The first kappa shape index (κ1) is 26.0. The summed E-state index contributed by atoms with van der Waals surface area (Å²) in [7, 11) is 0. The van der Waals surface area contributed by atoms with Crippen molar-refractivity contribution in [1.82, 2.24) is 20.0 Å². The van der Waals surface area contributed by atoms with E-state index in [1.165, 1.54) is 12.1 Å². The van der Waals surface area contributed by atoms with Crippen molar-refractivity contribution in [1.29, 1.82) is 0 Å². The molecule has 2 heterocycles. The molecule has 1 atom stereocenters. The molecule has 2 saturated heterocycles. The average molecular weight is 505 g/mol. The number of amides is 3. The van der Waals surface area contributed by atoms with Gasteiger partial charge in [-0.1, -0.05) is 30.3 Å². The van der Waals surface area contributed by atoms with E-state index in [0.717, 1.165) is 30.7 Å². The molecule has 7 nitrogen and oxygen atoms in total. The predicted octanol–water partition coefficient (Wildman–Crippen LogP) is 3.46. The summed E-state index contributed by atoms with van der Waals surface area (Å²) < 4.78 is 44.3. The lowest BCUT2D eigenvalue weighted by atomic mass is 10.1. The molecule has 0 spiro atoms. The Morgan fingerprint density at radius 1 is 0.917 bits per heavy atom. The summed E-state index contributed by atoms with van der Waals surface area (Å²) in [5, 5.41) is 2.96.